The van der Waals surface area contributed by atoms with Gasteiger partial charge < -0.3 is 24.8 Å². The Kier molecular flexibility index (Phi) is 7.02. The zero-order valence-electron chi connectivity index (χ0n) is 18.2. The lowest BCUT2D eigenvalue weighted by molar-refractivity contribution is -0.0170. The number of hydrogen-bond donors (Lipinski definition) is 2. The maximum atomic E-state index is 12.9. The van der Waals surface area contributed by atoms with E-state index in [1.54, 1.807) is 24.1 Å². The SMILES string of the molecule is COCCN(Cc1cc(Cl)cc2c1OCOC2)c1c(N)n(Cc2ccccc2)c(=O)[nH]c1=O. The van der Waals surface area contributed by atoms with E-state index < -0.39 is 11.2 Å². The number of aromatic amines is 1. The summed E-state index contributed by atoms with van der Waals surface area (Å²) in [5.74, 6) is 0.740. The lowest BCUT2D eigenvalue weighted by atomic mass is 10.1. The number of ether oxygens (including phenoxy) is 3. The van der Waals surface area contributed by atoms with Gasteiger partial charge in [-0.25, -0.2) is 4.79 Å². The molecule has 2 heterocycles. The van der Waals surface area contributed by atoms with Crippen LogP contribution in [0.4, 0.5) is 11.5 Å². The average molecular weight is 473 g/mol. The van der Waals surface area contributed by atoms with Gasteiger partial charge >= 0.3 is 5.69 Å². The Morgan fingerprint density at radius 3 is 2.79 bits per heavy atom. The highest BCUT2D eigenvalue weighted by molar-refractivity contribution is 6.30. The van der Waals surface area contributed by atoms with E-state index in [1.165, 1.54) is 4.57 Å². The number of fused-ring (bicyclic) bond motifs is 1. The summed E-state index contributed by atoms with van der Waals surface area (Å²) in [7, 11) is 1.57. The van der Waals surface area contributed by atoms with Crippen LogP contribution in [0.2, 0.25) is 5.02 Å². The van der Waals surface area contributed by atoms with E-state index in [9.17, 15) is 9.59 Å². The molecule has 0 aliphatic carbocycles. The predicted molar refractivity (Wildman–Crippen MR) is 126 cm³/mol. The molecule has 1 aliphatic rings. The van der Waals surface area contributed by atoms with Gasteiger partial charge in [0, 0.05) is 36.3 Å². The van der Waals surface area contributed by atoms with Gasteiger partial charge in [-0.3, -0.25) is 14.3 Å². The van der Waals surface area contributed by atoms with Gasteiger partial charge in [-0.15, -0.1) is 0 Å². The first-order chi connectivity index (χ1) is 16.0. The Labute approximate surface area is 195 Å². The Morgan fingerprint density at radius 2 is 2.03 bits per heavy atom. The van der Waals surface area contributed by atoms with Gasteiger partial charge in [0.15, 0.2) is 6.79 Å². The van der Waals surface area contributed by atoms with E-state index >= 15 is 0 Å². The monoisotopic (exact) mass is 472 g/mol. The van der Waals surface area contributed by atoms with Gasteiger partial charge in [-0.1, -0.05) is 41.9 Å². The lowest BCUT2D eigenvalue weighted by Crippen LogP contribution is -2.39. The minimum atomic E-state index is -0.572. The third-order valence-corrected chi connectivity index (χ3v) is 5.61. The number of nitrogen functional groups attached to an aromatic ring is 1. The minimum Gasteiger partial charge on any atom is -0.467 e. The fraction of sp³-hybridized carbons (Fsp3) is 0.304. The van der Waals surface area contributed by atoms with Gasteiger partial charge in [-0.05, 0) is 17.7 Å². The van der Waals surface area contributed by atoms with Crippen molar-refractivity contribution in [2.75, 3.05) is 37.7 Å². The molecule has 0 radical (unpaired) electrons. The second kappa shape index (κ2) is 10.1. The summed E-state index contributed by atoms with van der Waals surface area (Å²) in [4.78, 5) is 29.7. The smallest absolute Gasteiger partial charge is 0.330 e. The number of rotatable bonds is 8. The van der Waals surface area contributed by atoms with Crippen LogP contribution in [0.3, 0.4) is 0 Å². The Hall–Kier alpha value is -3.27. The van der Waals surface area contributed by atoms with Crippen molar-refractivity contribution in [1.29, 1.82) is 0 Å². The number of benzene rings is 2. The number of nitrogens with zero attached hydrogens (tertiary/aromatic N) is 2. The molecule has 0 bridgehead atoms. The van der Waals surface area contributed by atoms with E-state index in [0.717, 1.165) is 16.7 Å². The quantitative estimate of drug-likeness (QED) is 0.517. The van der Waals surface area contributed by atoms with E-state index in [0.29, 0.717) is 30.5 Å². The zero-order valence-corrected chi connectivity index (χ0v) is 18.9. The molecule has 33 heavy (non-hydrogen) atoms. The predicted octanol–water partition coefficient (Wildman–Crippen LogP) is 2.34. The molecule has 174 valence electrons. The fourth-order valence-corrected chi connectivity index (χ4v) is 4.12. The molecule has 0 atom stereocenters. The summed E-state index contributed by atoms with van der Waals surface area (Å²) < 4.78 is 17.7. The van der Waals surface area contributed by atoms with Crippen LogP contribution in [0.15, 0.2) is 52.1 Å². The number of hydrogen-bond acceptors (Lipinski definition) is 7. The minimum absolute atomic E-state index is 0.0730. The number of nitrogens with two attached hydrogens (primary N) is 1. The van der Waals surface area contributed by atoms with Gasteiger partial charge in [0.05, 0.1) is 19.8 Å². The highest BCUT2D eigenvalue weighted by Crippen LogP contribution is 2.33. The highest BCUT2D eigenvalue weighted by atomic mass is 35.5. The number of methoxy groups -OCH3 is 1. The van der Waals surface area contributed by atoms with E-state index in [4.69, 9.17) is 31.5 Å². The topological polar surface area (TPSA) is 112 Å². The number of H-pyrrole nitrogens is 1. The summed E-state index contributed by atoms with van der Waals surface area (Å²) >= 11 is 6.32. The molecule has 9 nitrogen and oxygen atoms in total. The molecule has 0 spiro atoms. The molecular formula is C23H25ClN4O5. The van der Waals surface area contributed by atoms with Crippen LogP contribution in [0.1, 0.15) is 16.7 Å². The van der Waals surface area contributed by atoms with Crippen molar-refractivity contribution >= 4 is 23.1 Å². The largest absolute Gasteiger partial charge is 0.467 e. The summed E-state index contributed by atoms with van der Waals surface area (Å²) in [6, 6.07) is 13.0. The molecule has 2 aromatic carbocycles. The van der Waals surface area contributed by atoms with Crippen molar-refractivity contribution in [1.82, 2.24) is 9.55 Å². The van der Waals surface area contributed by atoms with Crippen LogP contribution in [0.25, 0.3) is 0 Å². The summed E-state index contributed by atoms with van der Waals surface area (Å²) in [5, 5.41) is 0.528. The third kappa shape index (κ3) is 5.05. The van der Waals surface area contributed by atoms with Gasteiger partial charge in [0.2, 0.25) is 0 Å². The van der Waals surface area contributed by atoms with Gasteiger partial charge in [0.25, 0.3) is 5.56 Å². The molecule has 1 aromatic heterocycles. The first kappa shape index (κ1) is 22.9. The van der Waals surface area contributed by atoms with E-state index in [1.807, 2.05) is 30.3 Å². The molecule has 0 unspecified atom stereocenters. The molecular weight excluding hydrogens is 448 g/mol. The number of halogens is 1. The normalized spacial score (nSPS) is 12.8. The lowest BCUT2D eigenvalue weighted by Gasteiger charge is -2.28. The van der Waals surface area contributed by atoms with E-state index in [2.05, 4.69) is 4.98 Å². The average Bonchev–Trinajstić information content (AvgIpc) is 2.80. The summed E-state index contributed by atoms with van der Waals surface area (Å²) in [6.45, 7) is 1.69. The molecule has 0 fully saturated rings. The van der Waals surface area contributed by atoms with Crippen molar-refractivity contribution in [2.45, 2.75) is 19.7 Å². The molecule has 0 amide bonds. The van der Waals surface area contributed by atoms with Crippen molar-refractivity contribution in [3.63, 3.8) is 0 Å². The maximum absolute atomic E-state index is 12.9. The Balaban J connectivity index is 1.77. The number of anilines is 2. The van der Waals surface area contributed by atoms with Crippen LogP contribution >= 0.6 is 11.6 Å². The first-order valence-corrected chi connectivity index (χ1v) is 10.8. The van der Waals surface area contributed by atoms with Crippen LogP contribution < -0.4 is 26.6 Å². The van der Waals surface area contributed by atoms with Crippen molar-refractivity contribution in [3.05, 3.63) is 85.0 Å². The third-order valence-electron chi connectivity index (χ3n) is 5.39. The molecule has 4 rings (SSSR count). The van der Waals surface area contributed by atoms with Crippen LogP contribution in [-0.4, -0.2) is 36.6 Å². The van der Waals surface area contributed by atoms with E-state index in [-0.39, 0.29) is 31.4 Å². The Morgan fingerprint density at radius 1 is 1.24 bits per heavy atom. The molecule has 1 aliphatic heterocycles. The molecule has 3 aromatic rings. The molecule has 0 saturated heterocycles. The maximum Gasteiger partial charge on any atom is 0.330 e. The first-order valence-electron chi connectivity index (χ1n) is 10.4. The fourth-order valence-electron chi connectivity index (χ4n) is 3.86. The standard InChI is InChI=1S/C23H25ClN4O5/c1-31-8-7-27(12-16-9-18(24)10-17-13-32-14-33-20(16)17)19-21(25)28(23(30)26-22(19)29)11-15-5-3-2-4-6-15/h2-6,9-10H,7-8,11-14,25H2,1H3,(H,26,29,30). The Bertz CT molecular complexity index is 1240. The van der Waals surface area contributed by atoms with Gasteiger partial charge in [-0.2, -0.15) is 0 Å². The van der Waals surface area contributed by atoms with Crippen LogP contribution in [0.5, 0.6) is 5.75 Å². The molecule has 3 N–H and O–H groups in total. The second-order valence-corrected chi connectivity index (χ2v) is 8.08. The molecule has 10 heteroatoms. The molecule has 0 saturated carbocycles. The van der Waals surface area contributed by atoms with Crippen molar-refractivity contribution in [3.8, 4) is 5.75 Å². The zero-order chi connectivity index (χ0) is 23.4. The van der Waals surface area contributed by atoms with Crippen LogP contribution in [-0.2, 0) is 29.2 Å². The van der Waals surface area contributed by atoms with Crippen molar-refractivity contribution < 1.29 is 14.2 Å². The number of nitrogens with one attached hydrogen (secondary N) is 1. The van der Waals surface area contributed by atoms with Crippen LogP contribution in [0, 0.1) is 0 Å². The second-order valence-electron chi connectivity index (χ2n) is 7.64. The van der Waals surface area contributed by atoms with Gasteiger partial charge in [0.1, 0.15) is 17.3 Å². The summed E-state index contributed by atoms with van der Waals surface area (Å²) in [6.07, 6.45) is 0. The highest BCUT2D eigenvalue weighted by Gasteiger charge is 2.23. The van der Waals surface area contributed by atoms with Crippen molar-refractivity contribution in [2.24, 2.45) is 0 Å². The summed E-state index contributed by atoms with van der Waals surface area (Å²) in [5.41, 5.74) is 7.93. The number of aromatic nitrogens is 2.